The number of pyridine rings is 1. The maximum atomic E-state index is 12.6. The van der Waals surface area contributed by atoms with Gasteiger partial charge in [0.2, 0.25) is 0 Å². The summed E-state index contributed by atoms with van der Waals surface area (Å²) in [4.78, 5) is 30.3. The molecule has 1 aromatic rings. The Labute approximate surface area is 140 Å². The van der Waals surface area contributed by atoms with Gasteiger partial charge in [-0.05, 0) is 37.8 Å². The van der Waals surface area contributed by atoms with Crippen LogP contribution in [0.25, 0.3) is 0 Å². The zero-order valence-corrected chi connectivity index (χ0v) is 13.7. The van der Waals surface area contributed by atoms with Gasteiger partial charge < -0.3 is 5.11 Å². The Hall–Kier alpha value is -1.88. The first-order valence-electron chi connectivity index (χ1n) is 7.90. The van der Waals surface area contributed by atoms with Gasteiger partial charge in [-0.25, -0.2) is 4.98 Å². The van der Waals surface area contributed by atoms with Gasteiger partial charge >= 0.3 is 0 Å². The van der Waals surface area contributed by atoms with Crippen molar-refractivity contribution < 1.29 is 14.7 Å². The van der Waals surface area contributed by atoms with Crippen molar-refractivity contribution in [2.75, 3.05) is 4.90 Å². The van der Waals surface area contributed by atoms with E-state index in [1.807, 2.05) is 0 Å². The number of aliphatic hydroxyl groups excluding tert-OH is 1. The zero-order valence-electron chi connectivity index (χ0n) is 13.0. The van der Waals surface area contributed by atoms with E-state index in [2.05, 4.69) is 4.98 Å². The van der Waals surface area contributed by atoms with Gasteiger partial charge in [-0.1, -0.05) is 30.9 Å². The van der Waals surface area contributed by atoms with Crippen LogP contribution in [0.2, 0.25) is 5.02 Å². The monoisotopic (exact) mass is 334 g/mol. The number of aliphatic hydroxyl groups is 1. The molecule has 1 unspecified atom stereocenters. The second-order valence-electron chi connectivity index (χ2n) is 6.17. The lowest BCUT2D eigenvalue weighted by atomic mass is 9.80. The number of hydrogen-bond acceptors (Lipinski definition) is 4. The number of Topliss-reactive ketones (excluding diaryl/α,β-unsaturated/α-hetero) is 1. The van der Waals surface area contributed by atoms with E-state index in [1.54, 1.807) is 12.1 Å². The van der Waals surface area contributed by atoms with Crippen LogP contribution in [0.3, 0.4) is 0 Å². The predicted molar refractivity (Wildman–Crippen MR) is 87.4 cm³/mol. The number of halogens is 1. The standard InChI is InChI=1S/C17H19ClN2O3/c1-10(21)14-15(11-5-3-2-4-6-11)20(17(23)16(14)22)13-9-12(18)7-8-19-13/h7-9,11,15,22H,2-6H2,1H3. The highest BCUT2D eigenvalue weighted by atomic mass is 35.5. The molecule has 1 atom stereocenters. The quantitative estimate of drug-likeness (QED) is 0.919. The number of carbonyl (C=O) groups excluding carboxylic acids is 2. The fourth-order valence-corrected chi connectivity index (χ4v) is 3.82. The number of ketones is 1. The van der Waals surface area contributed by atoms with Crippen LogP contribution in [-0.4, -0.2) is 27.8 Å². The third-order valence-electron chi connectivity index (χ3n) is 4.68. The van der Waals surface area contributed by atoms with Crippen LogP contribution in [-0.2, 0) is 9.59 Å². The Morgan fingerprint density at radius 2 is 2.04 bits per heavy atom. The maximum Gasteiger partial charge on any atom is 0.295 e. The van der Waals surface area contributed by atoms with Crippen LogP contribution in [0, 0.1) is 5.92 Å². The molecule has 0 aromatic carbocycles. The van der Waals surface area contributed by atoms with E-state index in [4.69, 9.17) is 11.6 Å². The van der Waals surface area contributed by atoms with Gasteiger partial charge in [-0.2, -0.15) is 0 Å². The van der Waals surface area contributed by atoms with Gasteiger partial charge in [-0.15, -0.1) is 0 Å². The van der Waals surface area contributed by atoms with E-state index in [-0.39, 0.29) is 17.3 Å². The topological polar surface area (TPSA) is 70.5 Å². The van der Waals surface area contributed by atoms with E-state index in [1.165, 1.54) is 18.0 Å². The number of hydrogen-bond donors (Lipinski definition) is 1. The Balaban J connectivity index is 2.06. The van der Waals surface area contributed by atoms with E-state index >= 15 is 0 Å². The molecule has 5 nitrogen and oxygen atoms in total. The highest BCUT2D eigenvalue weighted by Gasteiger charge is 2.46. The Morgan fingerprint density at radius 3 is 2.65 bits per heavy atom. The fourth-order valence-electron chi connectivity index (χ4n) is 3.67. The molecule has 0 spiro atoms. The molecule has 2 aliphatic rings. The Kier molecular flexibility index (Phi) is 4.39. The lowest BCUT2D eigenvalue weighted by Gasteiger charge is -2.34. The highest BCUT2D eigenvalue weighted by Crippen LogP contribution is 2.39. The van der Waals surface area contributed by atoms with Crippen molar-refractivity contribution in [3.8, 4) is 0 Å². The van der Waals surface area contributed by atoms with Gasteiger partial charge in [0.15, 0.2) is 11.5 Å². The first-order chi connectivity index (χ1) is 11.0. The molecule has 23 heavy (non-hydrogen) atoms. The minimum atomic E-state index is -0.569. The third-order valence-corrected chi connectivity index (χ3v) is 4.92. The zero-order chi connectivity index (χ0) is 16.6. The largest absolute Gasteiger partial charge is 0.503 e. The summed E-state index contributed by atoms with van der Waals surface area (Å²) in [7, 11) is 0. The normalized spacial score (nSPS) is 22.8. The van der Waals surface area contributed by atoms with Crippen molar-refractivity contribution in [2.45, 2.75) is 45.1 Å². The van der Waals surface area contributed by atoms with E-state index in [0.29, 0.717) is 10.8 Å². The van der Waals surface area contributed by atoms with E-state index < -0.39 is 17.7 Å². The number of nitrogens with zero attached hydrogens (tertiary/aromatic N) is 2. The molecule has 3 rings (SSSR count). The number of aromatic nitrogens is 1. The second-order valence-corrected chi connectivity index (χ2v) is 6.61. The summed E-state index contributed by atoms with van der Waals surface area (Å²) < 4.78 is 0. The Morgan fingerprint density at radius 1 is 1.35 bits per heavy atom. The first-order valence-corrected chi connectivity index (χ1v) is 8.27. The minimum Gasteiger partial charge on any atom is -0.503 e. The average molecular weight is 335 g/mol. The molecular weight excluding hydrogens is 316 g/mol. The van der Waals surface area contributed by atoms with E-state index in [9.17, 15) is 14.7 Å². The lowest BCUT2D eigenvalue weighted by Crippen LogP contribution is -2.43. The predicted octanol–water partition coefficient (Wildman–Crippen LogP) is 3.43. The summed E-state index contributed by atoms with van der Waals surface area (Å²) in [6.45, 7) is 1.39. The summed E-state index contributed by atoms with van der Waals surface area (Å²) in [5, 5.41) is 10.7. The molecule has 1 saturated carbocycles. The molecule has 1 aliphatic carbocycles. The van der Waals surface area contributed by atoms with Crippen molar-refractivity contribution in [2.24, 2.45) is 5.92 Å². The molecule has 1 amide bonds. The first kappa shape index (κ1) is 16.0. The minimum absolute atomic E-state index is 0.150. The molecule has 1 aliphatic heterocycles. The summed E-state index contributed by atoms with van der Waals surface area (Å²) >= 11 is 6.02. The SMILES string of the molecule is CC(=O)C1=C(O)C(=O)N(c2cc(Cl)ccn2)C1C1CCCCC1. The average Bonchev–Trinajstić information content (AvgIpc) is 2.80. The Bertz CT molecular complexity index is 680. The second kappa shape index (κ2) is 6.32. The molecule has 0 radical (unpaired) electrons. The number of amides is 1. The van der Waals surface area contributed by atoms with Gasteiger partial charge in [0.05, 0.1) is 11.6 Å². The smallest absolute Gasteiger partial charge is 0.295 e. The van der Waals surface area contributed by atoms with E-state index in [0.717, 1.165) is 32.1 Å². The van der Waals surface area contributed by atoms with Crippen molar-refractivity contribution in [3.63, 3.8) is 0 Å². The molecule has 2 heterocycles. The fraction of sp³-hybridized carbons (Fsp3) is 0.471. The molecular formula is C17H19ClN2O3. The molecule has 122 valence electrons. The molecule has 0 bridgehead atoms. The van der Waals surface area contributed by atoms with Crippen LogP contribution >= 0.6 is 11.6 Å². The molecule has 6 heteroatoms. The van der Waals surface area contributed by atoms with Crippen LogP contribution in [0.15, 0.2) is 29.7 Å². The van der Waals surface area contributed by atoms with Gasteiger partial charge in [0.1, 0.15) is 5.82 Å². The van der Waals surface area contributed by atoms with Crippen molar-refractivity contribution in [1.29, 1.82) is 0 Å². The molecule has 0 saturated heterocycles. The molecule has 1 fully saturated rings. The van der Waals surface area contributed by atoms with Crippen molar-refractivity contribution in [1.82, 2.24) is 4.98 Å². The van der Waals surface area contributed by atoms with Crippen LogP contribution in [0.4, 0.5) is 5.82 Å². The van der Waals surface area contributed by atoms with Crippen molar-refractivity contribution >= 4 is 29.1 Å². The maximum absolute atomic E-state index is 12.6. The van der Waals surface area contributed by atoms with Crippen LogP contribution in [0.5, 0.6) is 0 Å². The van der Waals surface area contributed by atoms with Gasteiger partial charge in [0.25, 0.3) is 5.91 Å². The van der Waals surface area contributed by atoms with Crippen LogP contribution in [0.1, 0.15) is 39.0 Å². The molecule has 1 aromatic heterocycles. The highest BCUT2D eigenvalue weighted by molar-refractivity contribution is 6.31. The van der Waals surface area contributed by atoms with Gasteiger partial charge in [-0.3, -0.25) is 14.5 Å². The summed E-state index contributed by atoms with van der Waals surface area (Å²) in [5.41, 5.74) is 0.212. The number of rotatable bonds is 3. The van der Waals surface area contributed by atoms with Crippen LogP contribution < -0.4 is 4.90 Å². The lowest BCUT2D eigenvalue weighted by molar-refractivity contribution is -0.117. The molecule has 1 N–H and O–H groups in total. The number of anilines is 1. The number of carbonyl (C=O) groups is 2. The van der Waals surface area contributed by atoms with Crippen molar-refractivity contribution in [3.05, 3.63) is 34.7 Å². The van der Waals surface area contributed by atoms with Gasteiger partial charge in [0, 0.05) is 11.2 Å². The third kappa shape index (κ3) is 2.85. The summed E-state index contributed by atoms with van der Waals surface area (Å²) in [6.07, 6.45) is 6.68. The summed E-state index contributed by atoms with van der Waals surface area (Å²) in [6, 6.07) is 2.76. The summed E-state index contributed by atoms with van der Waals surface area (Å²) in [5.74, 6) is -0.760.